The Morgan fingerprint density at radius 1 is 0.933 bits per heavy atom. The third-order valence-electron chi connectivity index (χ3n) is 5.40. The molecule has 0 aliphatic heterocycles. The molecule has 1 N–H and O–H groups in total. The number of nitrogens with one attached hydrogen (secondary N) is 1. The summed E-state index contributed by atoms with van der Waals surface area (Å²) in [6.45, 7) is 4.56. The topological polar surface area (TPSA) is 51.2 Å². The molecule has 0 spiro atoms. The minimum absolute atomic E-state index is 0.135. The Bertz CT molecular complexity index is 1230. The highest BCUT2D eigenvalue weighted by molar-refractivity contribution is 6.07. The quantitative estimate of drug-likeness (QED) is 0.487. The number of amides is 1. The Balaban J connectivity index is 1.71. The molecular weight excluding hydrogens is 372 g/mol. The molecule has 0 saturated heterocycles. The summed E-state index contributed by atoms with van der Waals surface area (Å²) in [6, 6.07) is 23.6. The number of methoxy groups -OCH3 is 1. The van der Waals surface area contributed by atoms with Gasteiger partial charge in [-0.25, -0.2) is 4.98 Å². The lowest BCUT2D eigenvalue weighted by molar-refractivity contribution is 0.0952. The zero-order valence-corrected chi connectivity index (χ0v) is 17.4. The number of nitrogens with zero attached hydrogens (tertiary/aromatic N) is 1. The number of hydrogen-bond acceptors (Lipinski definition) is 3. The number of benzene rings is 3. The van der Waals surface area contributed by atoms with Crippen LogP contribution in [0.3, 0.4) is 0 Å². The maximum atomic E-state index is 13.2. The van der Waals surface area contributed by atoms with E-state index in [1.165, 1.54) is 11.1 Å². The lowest BCUT2D eigenvalue weighted by atomic mass is 10.0. The van der Waals surface area contributed by atoms with Gasteiger partial charge in [-0.1, -0.05) is 48.5 Å². The van der Waals surface area contributed by atoms with Crippen molar-refractivity contribution in [2.45, 2.75) is 20.4 Å². The van der Waals surface area contributed by atoms with Crippen LogP contribution in [-0.4, -0.2) is 18.0 Å². The summed E-state index contributed by atoms with van der Waals surface area (Å²) in [7, 11) is 1.63. The Morgan fingerprint density at radius 2 is 1.70 bits per heavy atom. The second-order valence-electron chi connectivity index (χ2n) is 7.37. The van der Waals surface area contributed by atoms with Crippen molar-refractivity contribution in [3.05, 3.63) is 95.1 Å². The number of carbonyl (C=O) groups excluding carboxylic acids is 1. The van der Waals surface area contributed by atoms with Gasteiger partial charge >= 0.3 is 0 Å². The Morgan fingerprint density at radius 3 is 2.50 bits per heavy atom. The number of pyridine rings is 1. The van der Waals surface area contributed by atoms with E-state index >= 15 is 0 Å². The summed E-state index contributed by atoms with van der Waals surface area (Å²) in [5, 5.41) is 3.87. The number of fused-ring (bicyclic) bond motifs is 1. The lowest BCUT2D eigenvalue weighted by Gasteiger charge is -2.13. The average molecular weight is 396 g/mol. The fourth-order valence-electron chi connectivity index (χ4n) is 3.53. The highest BCUT2D eigenvalue weighted by Gasteiger charge is 2.15. The number of carbonyl (C=O) groups is 1. The summed E-state index contributed by atoms with van der Waals surface area (Å²) >= 11 is 0. The molecule has 1 amide bonds. The van der Waals surface area contributed by atoms with Gasteiger partial charge in [0, 0.05) is 23.1 Å². The first-order valence-electron chi connectivity index (χ1n) is 9.94. The van der Waals surface area contributed by atoms with Gasteiger partial charge in [0.1, 0.15) is 5.75 Å². The number of aromatic nitrogens is 1. The van der Waals surface area contributed by atoms with E-state index < -0.39 is 0 Å². The SMILES string of the molecule is COc1ccccc1CNC(=O)c1cc(-c2ccc(C)c(C)c2)nc2ccccc12. The van der Waals surface area contributed by atoms with Crippen molar-refractivity contribution in [3.63, 3.8) is 0 Å². The Labute approximate surface area is 176 Å². The van der Waals surface area contributed by atoms with Crippen molar-refractivity contribution >= 4 is 16.8 Å². The summed E-state index contributed by atoms with van der Waals surface area (Å²) in [6.07, 6.45) is 0. The number of hydrogen-bond donors (Lipinski definition) is 1. The maximum Gasteiger partial charge on any atom is 0.252 e. The first-order valence-corrected chi connectivity index (χ1v) is 9.94. The fraction of sp³-hybridized carbons (Fsp3) is 0.154. The third kappa shape index (κ3) is 3.90. The molecule has 0 unspecified atom stereocenters. The predicted molar refractivity (Wildman–Crippen MR) is 121 cm³/mol. The molecule has 4 heteroatoms. The van der Waals surface area contributed by atoms with Gasteiger partial charge < -0.3 is 10.1 Å². The zero-order valence-electron chi connectivity index (χ0n) is 17.4. The van der Waals surface area contributed by atoms with Gasteiger partial charge in [0.25, 0.3) is 5.91 Å². The smallest absolute Gasteiger partial charge is 0.252 e. The van der Waals surface area contributed by atoms with Gasteiger partial charge in [0.2, 0.25) is 0 Å². The van der Waals surface area contributed by atoms with E-state index in [0.29, 0.717) is 12.1 Å². The zero-order chi connectivity index (χ0) is 21.1. The van der Waals surface area contributed by atoms with Crippen LogP contribution in [0.1, 0.15) is 27.0 Å². The molecule has 4 nitrogen and oxygen atoms in total. The molecule has 4 rings (SSSR count). The second kappa shape index (κ2) is 8.37. The van der Waals surface area contributed by atoms with E-state index in [9.17, 15) is 4.79 Å². The van der Waals surface area contributed by atoms with Crippen LogP contribution in [0.2, 0.25) is 0 Å². The first kappa shape index (κ1) is 19.6. The lowest BCUT2D eigenvalue weighted by Crippen LogP contribution is -2.23. The predicted octanol–water partition coefficient (Wildman–Crippen LogP) is 5.46. The number of para-hydroxylation sites is 2. The standard InChI is InChI=1S/C26H24N2O2/c1-17-12-13-19(14-18(17)2)24-15-22(21-9-5-6-10-23(21)28-24)26(29)27-16-20-8-4-7-11-25(20)30-3/h4-15H,16H2,1-3H3,(H,27,29). The van der Waals surface area contributed by atoms with E-state index in [-0.39, 0.29) is 5.91 Å². The van der Waals surface area contributed by atoms with Gasteiger partial charge in [-0.3, -0.25) is 4.79 Å². The van der Waals surface area contributed by atoms with Crippen molar-refractivity contribution in [2.75, 3.05) is 7.11 Å². The molecule has 0 fully saturated rings. The number of rotatable bonds is 5. The van der Waals surface area contributed by atoms with E-state index in [1.807, 2.05) is 54.6 Å². The minimum atomic E-state index is -0.135. The van der Waals surface area contributed by atoms with Crippen molar-refractivity contribution < 1.29 is 9.53 Å². The van der Waals surface area contributed by atoms with E-state index in [2.05, 4.69) is 37.4 Å². The summed E-state index contributed by atoms with van der Waals surface area (Å²) in [5.41, 5.74) is 6.57. The molecule has 150 valence electrons. The first-order chi connectivity index (χ1) is 14.6. The van der Waals surface area contributed by atoms with Crippen LogP contribution in [0.25, 0.3) is 22.2 Å². The van der Waals surface area contributed by atoms with Gasteiger partial charge in [-0.05, 0) is 49.2 Å². The summed E-state index contributed by atoms with van der Waals surface area (Å²) in [5.74, 6) is 0.623. The van der Waals surface area contributed by atoms with Gasteiger partial charge in [-0.15, -0.1) is 0 Å². The molecule has 30 heavy (non-hydrogen) atoms. The van der Waals surface area contributed by atoms with Crippen molar-refractivity contribution in [2.24, 2.45) is 0 Å². The highest BCUT2D eigenvalue weighted by Crippen LogP contribution is 2.26. The van der Waals surface area contributed by atoms with Gasteiger partial charge in [0.05, 0.1) is 23.9 Å². The van der Waals surface area contributed by atoms with E-state index in [1.54, 1.807) is 7.11 Å². The van der Waals surface area contributed by atoms with E-state index in [4.69, 9.17) is 9.72 Å². The molecule has 0 aliphatic rings. The van der Waals surface area contributed by atoms with Crippen LogP contribution >= 0.6 is 0 Å². The molecular formula is C26H24N2O2. The molecule has 3 aromatic carbocycles. The molecule has 4 aromatic rings. The monoisotopic (exact) mass is 396 g/mol. The molecule has 0 radical (unpaired) electrons. The highest BCUT2D eigenvalue weighted by atomic mass is 16.5. The third-order valence-corrected chi connectivity index (χ3v) is 5.40. The van der Waals surface area contributed by atoms with Crippen molar-refractivity contribution in [1.82, 2.24) is 10.3 Å². The average Bonchev–Trinajstić information content (AvgIpc) is 2.78. The van der Waals surface area contributed by atoms with Crippen LogP contribution in [0, 0.1) is 13.8 Å². The van der Waals surface area contributed by atoms with Crippen LogP contribution in [0.5, 0.6) is 5.75 Å². The van der Waals surface area contributed by atoms with Crippen LogP contribution < -0.4 is 10.1 Å². The molecule has 0 saturated carbocycles. The molecule has 1 aromatic heterocycles. The van der Waals surface area contributed by atoms with Crippen molar-refractivity contribution in [1.29, 1.82) is 0 Å². The van der Waals surface area contributed by atoms with Crippen LogP contribution in [0.4, 0.5) is 0 Å². The normalized spacial score (nSPS) is 10.8. The van der Waals surface area contributed by atoms with Gasteiger partial charge in [-0.2, -0.15) is 0 Å². The molecule has 0 atom stereocenters. The fourth-order valence-corrected chi connectivity index (χ4v) is 3.53. The second-order valence-corrected chi connectivity index (χ2v) is 7.37. The van der Waals surface area contributed by atoms with Crippen LogP contribution in [0.15, 0.2) is 72.8 Å². The van der Waals surface area contributed by atoms with Crippen LogP contribution in [-0.2, 0) is 6.54 Å². The summed E-state index contributed by atoms with van der Waals surface area (Å²) in [4.78, 5) is 18.0. The van der Waals surface area contributed by atoms with E-state index in [0.717, 1.165) is 33.5 Å². The Kier molecular flexibility index (Phi) is 5.48. The minimum Gasteiger partial charge on any atom is -0.496 e. The maximum absolute atomic E-state index is 13.2. The summed E-state index contributed by atoms with van der Waals surface area (Å²) < 4.78 is 5.39. The van der Waals surface area contributed by atoms with Gasteiger partial charge in [0.15, 0.2) is 0 Å². The Hall–Kier alpha value is -3.66. The van der Waals surface area contributed by atoms with Crippen molar-refractivity contribution in [3.8, 4) is 17.0 Å². The largest absolute Gasteiger partial charge is 0.496 e. The number of ether oxygens (including phenoxy) is 1. The molecule has 1 heterocycles. The molecule has 0 aliphatic carbocycles. The number of aryl methyl sites for hydroxylation is 2. The molecule has 0 bridgehead atoms.